The number of allylic oxidation sites excluding steroid dienone is 1. The Labute approximate surface area is 226 Å². The van der Waals surface area contributed by atoms with E-state index in [0.29, 0.717) is 37.7 Å². The first-order chi connectivity index (χ1) is 18.4. The second-order valence-electron chi connectivity index (χ2n) is 8.64. The Bertz CT molecular complexity index is 1550. The van der Waals surface area contributed by atoms with Crippen LogP contribution in [0.3, 0.4) is 0 Å². The number of hydrogen-bond donors (Lipinski definition) is 0. The molecule has 1 aliphatic heterocycles. The average Bonchev–Trinajstić information content (AvgIpc) is 3.23. The predicted molar refractivity (Wildman–Crippen MR) is 150 cm³/mol. The molecule has 8 nitrogen and oxygen atoms in total. The molecule has 0 saturated heterocycles. The van der Waals surface area contributed by atoms with Crippen molar-refractivity contribution in [2.45, 2.75) is 33.7 Å². The maximum atomic E-state index is 13.9. The molecule has 0 bridgehead atoms. The fourth-order valence-corrected chi connectivity index (χ4v) is 5.76. The molecule has 1 unspecified atom stereocenters. The van der Waals surface area contributed by atoms with Crippen LogP contribution in [0.1, 0.15) is 44.9 Å². The minimum absolute atomic E-state index is 0.210. The van der Waals surface area contributed by atoms with Crippen LogP contribution < -0.4 is 29.3 Å². The van der Waals surface area contributed by atoms with E-state index in [1.165, 1.54) is 11.3 Å². The van der Waals surface area contributed by atoms with Crippen LogP contribution in [0.5, 0.6) is 11.5 Å². The predicted octanol–water partition coefficient (Wildman–Crippen LogP) is 3.66. The standard InChI is InChI=1S/C29H33N3O5S/c1-7-31(8-2)20-15-14-19(23(17-20)36-6)16-24-27(33)32-26(21-12-10-11-13-22(21)35-5)25(28(34)37-9-3)18(4)30-29(32)38-24/h10-17,26H,7-9H2,1-6H3. The number of esters is 1. The van der Waals surface area contributed by atoms with Crippen molar-refractivity contribution in [2.24, 2.45) is 4.99 Å². The molecule has 0 aliphatic carbocycles. The number of carbonyl (C=O) groups is 1. The van der Waals surface area contributed by atoms with E-state index in [1.807, 2.05) is 48.5 Å². The summed E-state index contributed by atoms with van der Waals surface area (Å²) in [6.07, 6.45) is 1.82. The highest BCUT2D eigenvalue weighted by atomic mass is 32.1. The molecule has 0 amide bonds. The third-order valence-corrected chi connectivity index (χ3v) is 7.57. The molecule has 200 valence electrons. The van der Waals surface area contributed by atoms with Crippen molar-refractivity contribution in [2.75, 3.05) is 38.8 Å². The Balaban J connectivity index is 1.93. The number of benzene rings is 2. The van der Waals surface area contributed by atoms with Crippen molar-refractivity contribution in [1.82, 2.24) is 4.57 Å². The Morgan fingerprint density at radius 2 is 1.79 bits per heavy atom. The van der Waals surface area contributed by atoms with E-state index in [9.17, 15) is 9.59 Å². The van der Waals surface area contributed by atoms with Gasteiger partial charge in [-0.25, -0.2) is 9.79 Å². The number of thiazole rings is 1. The lowest BCUT2D eigenvalue weighted by molar-refractivity contribution is -0.139. The largest absolute Gasteiger partial charge is 0.496 e. The molecule has 1 atom stereocenters. The van der Waals surface area contributed by atoms with Crippen LogP contribution in [0.15, 0.2) is 63.5 Å². The summed E-state index contributed by atoms with van der Waals surface area (Å²) < 4.78 is 18.7. The van der Waals surface area contributed by atoms with Gasteiger partial charge >= 0.3 is 5.97 Å². The fraction of sp³-hybridized carbons (Fsp3) is 0.345. The van der Waals surface area contributed by atoms with E-state index < -0.39 is 12.0 Å². The first-order valence-corrected chi connectivity index (χ1v) is 13.5. The van der Waals surface area contributed by atoms with Gasteiger partial charge in [0.1, 0.15) is 17.5 Å². The number of ether oxygens (including phenoxy) is 3. The van der Waals surface area contributed by atoms with Gasteiger partial charge in [-0.3, -0.25) is 9.36 Å². The van der Waals surface area contributed by atoms with Crippen molar-refractivity contribution >= 4 is 29.1 Å². The molecule has 9 heteroatoms. The summed E-state index contributed by atoms with van der Waals surface area (Å²) in [5.74, 6) is 0.731. The highest BCUT2D eigenvalue weighted by Crippen LogP contribution is 2.35. The number of carbonyl (C=O) groups excluding carboxylic acids is 1. The molecule has 2 aromatic carbocycles. The lowest BCUT2D eigenvalue weighted by Gasteiger charge is -2.25. The summed E-state index contributed by atoms with van der Waals surface area (Å²) >= 11 is 1.27. The topological polar surface area (TPSA) is 82.4 Å². The van der Waals surface area contributed by atoms with Crippen molar-refractivity contribution < 1.29 is 19.0 Å². The summed E-state index contributed by atoms with van der Waals surface area (Å²) in [6, 6.07) is 12.6. The maximum absolute atomic E-state index is 13.9. The Kier molecular flexibility index (Phi) is 8.36. The summed E-state index contributed by atoms with van der Waals surface area (Å²) in [5.41, 5.74) is 3.08. The number of fused-ring (bicyclic) bond motifs is 1. The van der Waals surface area contributed by atoms with Gasteiger partial charge < -0.3 is 19.1 Å². The molecular weight excluding hydrogens is 502 g/mol. The summed E-state index contributed by atoms with van der Waals surface area (Å²) in [6.45, 7) is 9.69. The van der Waals surface area contributed by atoms with E-state index >= 15 is 0 Å². The molecule has 0 fully saturated rings. The SMILES string of the molecule is CCOC(=O)C1=C(C)N=c2sc(=Cc3ccc(N(CC)CC)cc3OC)c(=O)n2C1c1ccccc1OC. The van der Waals surface area contributed by atoms with Gasteiger partial charge in [0.15, 0.2) is 4.80 Å². The molecule has 2 heterocycles. The zero-order chi connectivity index (χ0) is 27.4. The second kappa shape index (κ2) is 11.7. The lowest BCUT2D eigenvalue weighted by Crippen LogP contribution is -2.40. The number of nitrogens with zero attached hydrogens (tertiary/aromatic N) is 3. The van der Waals surface area contributed by atoms with E-state index in [2.05, 4.69) is 23.7 Å². The van der Waals surface area contributed by atoms with Gasteiger partial charge in [0.05, 0.1) is 36.6 Å². The number of anilines is 1. The van der Waals surface area contributed by atoms with Crippen LogP contribution in [-0.4, -0.2) is 44.5 Å². The molecule has 38 heavy (non-hydrogen) atoms. The fourth-order valence-electron chi connectivity index (χ4n) is 4.72. The van der Waals surface area contributed by atoms with Crippen LogP contribution in [0, 0.1) is 0 Å². The van der Waals surface area contributed by atoms with Gasteiger partial charge in [0.25, 0.3) is 5.56 Å². The normalized spacial score (nSPS) is 15.1. The number of rotatable bonds is 9. The maximum Gasteiger partial charge on any atom is 0.338 e. The van der Waals surface area contributed by atoms with E-state index in [0.717, 1.165) is 24.3 Å². The van der Waals surface area contributed by atoms with Crippen LogP contribution >= 0.6 is 11.3 Å². The summed E-state index contributed by atoms with van der Waals surface area (Å²) in [5, 5.41) is 0. The molecular formula is C29H33N3O5S. The van der Waals surface area contributed by atoms with Gasteiger partial charge in [0, 0.05) is 36.0 Å². The Morgan fingerprint density at radius 3 is 2.45 bits per heavy atom. The highest BCUT2D eigenvalue weighted by Gasteiger charge is 2.35. The molecule has 4 rings (SSSR count). The first-order valence-electron chi connectivity index (χ1n) is 12.6. The van der Waals surface area contributed by atoms with E-state index in [1.54, 1.807) is 32.6 Å². The van der Waals surface area contributed by atoms with Crippen molar-refractivity contribution in [3.63, 3.8) is 0 Å². The minimum Gasteiger partial charge on any atom is -0.496 e. The zero-order valence-electron chi connectivity index (χ0n) is 22.6. The number of aromatic nitrogens is 1. The van der Waals surface area contributed by atoms with Crippen LogP contribution in [0.2, 0.25) is 0 Å². The smallest absolute Gasteiger partial charge is 0.338 e. The minimum atomic E-state index is -0.740. The Morgan fingerprint density at radius 1 is 1.08 bits per heavy atom. The molecule has 3 aromatic rings. The lowest BCUT2D eigenvalue weighted by atomic mass is 9.95. The van der Waals surface area contributed by atoms with Gasteiger partial charge in [-0.05, 0) is 52.0 Å². The van der Waals surface area contributed by atoms with Crippen molar-refractivity contribution in [1.29, 1.82) is 0 Å². The molecule has 0 radical (unpaired) electrons. The first kappa shape index (κ1) is 27.2. The molecule has 0 N–H and O–H groups in total. The molecule has 1 aliphatic rings. The average molecular weight is 536 g/mol. The van der Waals surface area contributed by atoms with Gasteiger partial charge in [0.2, 0.25) is 0 Å². The molecule has 0 spiro atoms. The summed E-state index contributed by atoms with van der Waals surface area (Å²) in [7, 11) is 3.19. The van der Waals surface area contributed by atoms with Gasteiger partial charge in [-0.15, -0.1) is 0 Å². The number of methoxy groups -OCH3 is 2. The van der Waals surface area contributed by atoms with E-state index in [4.69, 9.17) is 14.2 Å². The quantitative estimate of drug-likeness (QED) is 0.389. The summed E-state index contributed by atoms with van der Waals surface area (Å²) in [4.78, 5) is 34.4. The van der Waals surface area contributed by atoms with Crippen LogP contribution in [0.25, 0.3) is 6.08 Å². The van der Waals surface area contributed by atoms with Gasteiger partial charge in [-0.1, -0.05) is 29.5 Å². The van der Waals surface area contributed by atoms with Gasteiger partial charge in [-0.2, -0.15) is 0 Å². The molecule has 1 aromatic heterocycles. The van der Waals surface area contributed by atoms with E-state index in [-0.39, 0.29) is 12.2 Å². The molecule has 0 saturated carbocycles. The van der Waals surface area contributed by atoms with Crippen molar-refractivity contribution in [3.05, 3.63) is 84.5 Å². The monoisotopic (exact) mass is 535 g/mol. The van der Waals surface area contributed by atoms with Crippen LogP contribution in [-0.2, 0) is 9.53 Å². The third kappa shape index (κ3) is 4.98. The Hall–Kier alpha value is -3.85. The van der Waals surface area contributed by atoms with Crippen LogP contribution in [0.4, 0.5) is 5.69 Å². The number of para-hydroxylation sites is 1. The second-order valence-corrected chi connectivity index (χ2v) is 9.65. The zero-order valence-corrected chi connectivity index (χ0v) is 23.4. The van der Waals surface area contributed by atoms with Crippen molar-refractivity contribution in [3.8, 4) is 11.5 Å². The highest BCUT2D eigenvalue weighted by molar-refractivity contribution is 7.07. The third-order valence-electron chi connectivity index (χ3n) is 6.58. The number of hydrogen-bond acceptors (Lipinski definition) is 8.